The first kappa shape index (κ1) is 16.6. The van der Waals surface area contributed by atoms with Crippen LogP contribution in [0.15, 0.2) is 11.6 Å². The molecule has 22 heavy (non-hydrogen) atoms. The Kier molecular flexibility index (Phi) is 4.14. The molecule has 0 spiro atoms. The molecule has 3 aliphatic carbocycles. The van der Waals surface area contributed by atoms with E-state index in [4.69, 9.17) is 18.9 Å². The van der Waals surface area contributed by atoms with Crippen molar-refractivity contribution in [3.8, 4) is 0 Å². The van der Waals surface area contributed by atoms with Gasteiger partial charge < -0.3 is 18.9 Å². The summed E-state index contributed by atoms with van der Waals surface area (Å²) in [6, 6.07) is 0. The van der Waals surface area contributed by atoms with Gasteiger partial charge in [0, 0.05) is 25.7 Å². The maximum atomic E-state index is 12.9. The van der Waals surface area contributed by atoms with Crippen LogP contribution in [0.1, 0.15) is 13.3 Å². The second-order valence-corrected chi connectivity index (χ2v) is 5.71. The molecule has 7 nitrogen and oxygen atoms in total. The Balaban J connectivity index is 2.62. The van der Waals surface area contributed by atoms with Gasteiger partial charge in [0.15, 0.2) is 0 Å². The van der Waals surface area contributed by atoms with Crippen molar-refractivity contribution < 1.29 is 33.3 Å². The fourth-order valence-electron chi connectivity index (χ4n) is 3.67. The molecule has 0 amide bonds. The molecule has 0 radical (unpaired) electrons. The van der Waals surface area contributed by atoms with Crippen molar-refractivity contribution >= 4 is 17.7 Å². The minimum Gasteiger partial charge on any atom is -0.469 e. The third-order valence-corrected chi connectivity index (χ3v) is 4.75. The second kappa shape index (κ2) is 5.48. The van der Waals surface area contributed by atoms with E-state index in [0.717, 1.165) is 0 Å². The Hall–Kier alpha value is -1.73. The van der Waals surface area contributed by atoms with E-state index in [1.807, 2.05) is 0 Å². The Labute approximate surface area is 128 Å². The van der Waals surface area contributed by atoms with E-state index in [0.29, 0.717) is 0 Å². The lowest BCUT2D eigenvalue weighted by Gasteiger charge is -2.52. The van der Waals surface area contributed by atoms with Gasteiger partial charge >= 0.3 is 11.9 Å². The number of methoxy groups -OCH3 is 4. The molecule has 0 aromatic rings. The number of hydrogen-bond acceptors (Lipinski definition) is 7. The number of carbonyl (C=O) groups is 3. The molecule has 1 fully saturated rings. The van der Waals surface area contributed by atoms with Crippen molar-refractivity contribution in [1.29, 1.82) is 0 Å². The summed E-state index contributed by atoms with van der Waals surface area (Å²) in [6.07, 6.45) is 1.88. The molecule has 2 bridgehead atoms. The van der Waals surface area contributed by atoms with Crippen LogP contribution < -0.4 is 0 Å². The quantitative estimate of drug-likeness (QED) is 0.551. The number of carbonyl (C=O) groups excluding carboxylic acids is 3. The van der Waals surface area contributed by atoms with Gasteiger partial charge in [-0.2, -0.15) is 0 Å². The average Bonchev–Trinajstić information content (AvgIpc) is 2.53. The molecule has 3 atom stereocenters. The number of ketones is 1. The number of Topliss-reactive ketones (excluding diaryl/α,β-unsaturated/α-hetero) is 1. The highest BCUT2D eigenvalue weighted by molar-refractivity contribution is 6.06. The van der Waals surface area contributed by atoms with Crippen molar-refractivity contribution in [2.75, 3.05) is 28.4 Å². The van der Waals surface area contributed by atoms with Crippen LogP contribution in [0.2, 0.25) is 0 Å². The smallest absolute Gasteiger partial charge is 0.334 e. The van der Waals surface area contributed by atoms with E-state index >= 15 is 0 Å². The minimum absolute atomic E-state index is 0.154. The maximum absolute atomic E-state index is 12.9. The lowest BCUT2D eigenvalue weighted by Crippen LogP contribution is -2.65. The summed E-state index contributed by atoms with van der Waals surface area (Å²) in [5.74, 6) is -4.76. The summed E-state index contributed by atoms with van der Waals surface area (Å²) in [5, 5.41) is 0. The van der Waals surface area contributed by atoms with Crippen molar-refractivity contribution in [1.82, 2.24) is 0 Å². The normalized spacial score (nSPS) is 32.4. The zero-order valence-corrected chi connectivity index (χ0v) is 13.3. The van der Waals surface area contributed by atoms with Crippen molar-refractivity contribution in [3.63, 3.8) is 0 Å². The van der Waals surface area contributed by atoms with Gasteiger partial charge in [0.1, 0.15) is 0 Å². The third kappa shape index (κ3) is 1.92. The number of rotatable bonds is 4. The SMILES string of the molecule is COC(=O)C1=C[C@@H]2C[C@](C)(C(=O)OC)[C@H]1C(=O)C2(OC)OC. The van der Waals surface area contributed by atoms with Crippen LogP contribution in [0.3, 0.4) is 0 Å². The molecule has 122 valence electrons. The molecule has 1 saturated carbocycles. The van der Waals surface area contributed by atoms with Crippen molar-refractivity contribution in [2.45, 2.75) is 19.1 Å². The number of esters is 2. The van der Waals surface area contributed by atoms with Gasteiger partial charge in [0.2, 0.25) is 11.6 Å². The Morgan fingerprint density at radius 2 is 1.73 bits per heavy atom. The van der Waals surface area contributed by atoms with Gasteiger partial charge in [-0.25, -0.2) is 4.79 Å². The van der Waals surface area contributed by atoms with E-state index in [-0.39, 0.29) is 12.0 Å². The summed E-state index contributed by atoms with van der Waals surface area (Å²) in [4.78, 5) is 37.2. The first-order chi connectivity index (χ1) is 10.3. The minimum atomic E-state index is -1.49. The van der Waals surface area contributed by atoms with Crippen LogP contribution in [0.25, 0.3) is 0 Å². The van der Waals surface area contributed by atoms with Gasteiger partial charge in [0.05, 0.1) is 25.6 Å². The Morgan fingerprint density at radius 1 is 1.14 bits per heavy atom. The molecular formula is C15H20O7. The van der Waals surface area contributed by atoms with Gasteiger partial charge in [-0.3, -0.25) is 9.59 Å². The summed E-state index contributed by atoms with van der Waals surface area (Å²) >= 11 is 0. The highest BCUT2D eigenvalue weighted by Gasteiger charge is 2.67. The van der Waals surface area contributed by atoms with Crippen LogP contribution in [0.4, 0.5) is 0 Å². The lowest BCUT2D eigenvalue weighted by atomic mass is 9.54. The lowest BCUT2D eigenvalue weighted by molar-refractivity contribution is -0.247. The first-order valence-corrected chi connectivity index (χ1v) is 6.85. The van der Waals surface area contributed by atoms with E-state index in [2.05, 4.69) is 0 Å². The average molecular weight is 312 g/mol. The zero-order chi connectivity index (χ0) is 16.7. The largest absolute Gasteiger partial charge is 0.469 e. The predicted octanol–water partition coefficient (Wildman–Crippen LogP) is 0.473. The number of hydrogen-bond donors (Lipinski definition) is 0. The zero-order valence-electron chi connectivity index (χ0n) is 13.3. The second-order valence-electron chi connectivity index (χ2n) is 5.71. The van der Waals surface area contributed by atoms with Crippen LogP contribution in [-0.2, 0) is 33.3 Å². The summed E-state index contributed by atoms with van der Waals surface area (Å²) in [7, 11) is 5.21. The standard InChI is InChI=1S/C15H20O7/c1-14(13(18)20-3)7-8-6-9(12(17)19-2)10(14)11(16)15(8,21-4)22-5/h6,8,10H,7H2,1-5H3/t8-,10-,14+/m1/s1. The Morgan fingerprint density at radius 3 is 2.14 bits per heavy atom. The van der Waals surface area contributed by atoms with Crippen LogP contribution >= 0.6 is 0 Å². The fraction of sp³-hybridized carbons (Fsp3) is 0.667. The van der Waals surface area contributed by atoms with Gasteiger partial charge in [-0.05, 0) is 13.3 Å². The van der Waals surface area contributed by atoms with E-state index in [9.17, 15) is 14.4 Å². The molecule has 0 saturated heterocycles. The molecule has 0 unspecified atom stereocenters. The van der Waals surface area contributed by atoms with Gasteiger partial charge in [-0.15, -0.1) is 0 Å². The highest BCUT2D eigenvalue weighted by atomic mass is 16.7. The summed E-state index contributed by atoms with van der Waals surface area (Å²) < 4.78 is 20.2. The number of fused-ring (bicyclic) bond motifs is 2. The molecule has 3 rings (SSSR count). The molecule has 3 aliphatic rings. The van der Waals surface area contributed by atoms with Crippen LogP contribution in [0, 0.1) is 17.3 Å². The maximum Gasteiger partial charge on any atom is 0.334 e. The van der Waals surface area contributed by atoms with Crippen LogP contribution in [0.5, 0.6) is 0 Å². The van der Waals surface area contributed by atoms with E-state index in [1.54, 1.807) is 13.0 Å². The molecular weight excluding hydrogens is 292 g/mol. The molecule has 0 aromatic heterocycles. The van der Waals surface area contributed by atoms with Crippen LogP contribution in [-0.4, -0.2) is 51.9 Å². The molecule has 0 aliphatic heterocycles. The topological polar surface area (TPSA) is 88.1 Å². The summed E-state index contributed by atoms with van der Waals surface area (Å²) in [5.41, 5.74) is -1.00. The van der Waals surface area contributed by atoms with E-state index in [1.165, 1.54) is 28.4 Å². The van der Waals surface area contributed by atoms with Gasteiger partial charge in [0.25, 0.3) is 0 Å². The molecule has 0 heterocycles. The summed E-state index contributed by atoms with van der Waals surface area (Å²) in [6.45, 7) is 1.61. The van der Waals surface area contributed by atoms with Crippen molar-refractivity contribution in [2.24, 2.45) is 17.3 Å². The van der Waals surface area contributed by atoms with Gasteiger partial charge in [-0.1, -0.05) is 6.08 Å². The molecule has 7 heteroatoms. The monoisotopic (exact) mass is 312 g/mol. The van der Waals surface area contributed by atoms with Crippen molar-refractivity contribution in [3.05, 3.63) is 11.6 Å². The predicted molar refractivity (Wildman–Crippen MR) is 73.6 cm³/mol. The Bertz CT molecular complexity index is 546. The fourth-order valence-corrected chi connectivity index (χ4v) is 3.67. The molecule has 0 aromatic carbocycles. The third-order valence-electron chi connectivity index (χ3n) is 4.75. The number of ether oxygens (including phenoxy) is 4. The van der Waals surface area contributed by atoms with E-state index < -0.39 is 40.8 Å². The first-order valence-electron chi connectivity index (χ1n) is 6.85. The highest BCUT2D eigenvalue weighted by Crippen LogP contribution is 2.55. The molecule has 0 N–H and O–H groups in total.